The number of pyridine rings is 1. The minimum atomic E-state index is -0.426. The zero-order valence-electron chi connectivity index (χ0n) is 21.9. The number of nitrogens with one attached hydrogen (secondary N) is 1. The van der Waals surface area contributed by atoms with Crippen LogP contribution in [0.4, 0.5) is 0 Å². The molecule has 0 radical (unpaired) electrons. The second-order valence-electron chi connectivity index (χ2n) is 8.12. The third-order valence-electron chi connectivity index (χ3n) is 5.13. The second kappa shape index (κ2) is 16.2. The summed E-state index contributed by atoms with van der Waals surface area (Å²) in [5.41, 5.74) is 8.65. The molecule has 39 heavy (non-hydrogen) atoms. The number of benzene rings is 2. The van der Waals surface area contributed by atoms with Crippen LogP contribution in [0.2, 0.25) is 0 Å². The SMILES string of the molecule is CCc1ccc(Oc2ccccc2)cc1.COC(=O)CN(N)/C=C(\N)CNSc1ccc(-c2ccccn2)s1. The van der Waals surface area contributed by atoms with E-state index in [0.717, 1.165) is 32.7 Å². The van der Waals surface area contributed by atoms with Gasteiger partial charge in [-0.2, -0.15) is 0 Å². The van der Waals surface area contributed by atoms with Crippen molar-refractivity contribution < 1.29 is 14.3 Å². The number of hydrogen-bond acceptors (Lipinski definition) is 10. The van der Waals surface area contributed by atoms with Gasteiger partial charge >= 0.3 is 5.97 Å². The zero-order valence-corrected chi connectivity index (χ0v) is 23.6. The lowest BCUT2D eigenvalue weighted by Gasteiger charge is -2.13. The number of nitrogens with zero attached hydrogens (tertiary/aromatic N) is 2. The van der Waals surface area contributed by atoms with Gasteiger partial charge in [-0.05, 0) is 72.5 Å². The topological polar surface area (TPSA) is 116 Å². The average molecular weight is 564 g/mol. The van der Waals surface area contributed by atoms with E-state index in [1.807, 2.05) is 72.8 Å². The summed E-state index contributed by atoms with van der Waals surface area (Å²) in [6.45, 7) is 2.52. The molecule has 0 amide bonds. The van der Waals surface area contributed by atoms with E-state index >= 15 is 0 Å². The van der Waals surface area contributed by atoms with Crippen molar-refractivity contribution in [3.05, 3.63) is 109 Å². The highest BCUT2D eigenvalue weighted by Gasteiger charge is 2.06. The van der Waals surface area contributed by atoms with Gasteiger partial charge in [0.15, 0.2) is 0 Å². The van der Waals surface area contributed by atoms with Gasteiger partial charge in [0.05, 0.1) is 21.9 Å². The molecule has 0 atom stereocenters. The van der Waals surface area contributed by atoms with Gasteiger partial charge in [-0.1, -0.05) is 43.3 Å². The van der Waals surface area contributed by atoms with E-state index in [2.05, 4.69) is 33.5 Å². The predicted octanol–water partition coefficient (Wildman–Crippen LogP) is 5.60. The summed E-state index contributed by atoms with van der Waals surface area (Å²) < 4.78 is 14.5. The van der Waals surface area contributed by atoms with Gasteiger partial charge in [-0.3, -0.25) is 14.5 Å². The molecule has 0 aliphatic rings. The Labute approximate surface area is 237 Å². The molecule has 2 aromatic heterocycles. The van der Waals surface area contributed by atoms with Crippen molar-refractivity contribution in [3.63, 3.8) is 0 Å². The van der Waals surface area contributed by atoms with E-state index in [0.29, 0.717) is 12.2 Å². The number of hydrazine groups is 1. The summed E-state index contributed by atoms with van der Waals surface area (Å²) in [7, 11) is 1.31. The van der Waals surface area contributed by atoms with Gasteiger partial charge in [0.25, 0.3) is 0 Å². The van der Waals surface area contributed by atoms with E-state index in [-0.39, 0.29) is 6.54 Å². The Morgan fingerprint density at radius 2 is 1.74 bits per heavy atom. The van der Waals surface area contributed by atoms with Gasteiger partial charge in [-0.25, -0.2) is 5.84 Å². The number of aryl methyl sites for hydroxylation is 1. The minimum absolute atomic E-state index is 0.0529. The molecule has 8 nitrogen and oxygen atoms in total. The molecule has 0 unspecified atom stereocenters. The Balaban J connectivity index is 0.000000239. The number of ether oxygens (including phenoxy) is 2. The summed E-state index contributed by atoms with van der Waals surface area (Å²) in [5, 5.41) is 1.19. The lowest BCUT2D eigenvalue weighted by atomic mass is 10.2. The summed E-state index contributed by atoms with van der Waals surface area (Å²) in [4.78, 5) is 16.5. The number of nitrogens with two attached hydrogens (primary N) is 2. The first kappa shape index (κ1) is 29.7. The number of carbonyl (C=O) groups excluding carboxylic acids is 1. The average Bonchev–Trinajstić information content (AvgIpc) is 3.43. The van der Waals surface area contributed by atoms with E-state index in [1.54, 1.807) is 17.5 Å². The largest absolute Gasteiger partial charge is 0.468 e. The number of hydrogen-bond donors (Lipinski definition) is 3. The van der Waals surface area contributed by atoms with Crippen LogP contribution in [-0.4, -0.2) is 36.2 Å². The van der Waals surface area contributed by atoms with Crippen molar-refractivity contribution in [1.29, 1.82) is 0 Å². The number of carbonyl (C=O) groups is 1. The summed E-state index contributed by atoms with van der Waals surface area (Å²) in [6.07, 6.45) is 4.34. The molecule has 0 aliphatic heterocycles. The molecule has 10 heteroatoms. The van der Waals surface area contributed by atoms with Gasteiger partial charge in [-0.15, -0.1) is 11.3 Å². The molecule has 2 aromatic carbocycles. The van der Waals surface area contributed by atoms with Crippen LogP contribution in [0.3, 0.4) is 0 Å². The molecule has 5 N–H and O–H groups in total. The standard InChI is InChI=1S/C15H19N5O2S2.C14H14O/c1-22-14(21)10-20(17)9-11(16)8-19-24-15-6-5-13(23-15)12-4-2-3-7-18-12;1-2-12-8-10-14(11-9-12)15-13-6-4-3-5-7-13/h2-7,9,19H,8,10,16-17H2,1H3;3-11H,2H2,1H3/b11-9-;. The van der Waals surface area contributed by atoms with E-state index in [4.69, 9.17) is 16.3 Å². The summed E-state index contributed by atoms with van der Waals surface area (Å²) >= 11 is 3.12. The highest BCUT2D eigenvalue weighted by atomic mass is 32.2. The Morgan fingerprint density at radius 1 is 1.03 bits per heavy atom. The first-order valence-corrected chi connectivity index (χ1v) is 13.9. The molecule has 2 heterocycles. The third kappa shape index (κ3) is 10.8. The van der Waals surface area contributed by atoms with E-state index < -0.39 is 5.97 Å². The molecule has 0 spiro atoms. The maximum Gasteiger partial charge on any atom is 0.326 e. The third-order valence-corrected chi connectivity index (χ3v) is 7.16. The Hall–Kier alpha value is -3.83. The Kier molecular flexibility index (Phi) is 12.3. The van der Waals surface area contributed by atoms with Crippen LogP contribution in [0, 0.1) is 0 Å². The fraction of sp³-hybridized carbons (Fsp3) is 0.172. The van der Waals surface area contributed by atoms with Crippen LogP contribution in [0.25, 0.3) is 10.6 Å². The normalized spacial score (nSPS) is 10.8. The van der Waals surface area contributed by atoms with Crippen molar-refractivity contribution in [2.45, 2.75) is 17.6 Å². The van der Waals surface area contributed by atoms with Gasteiger partial charge < -0.3 is 20.2 Å². The number of para-hydroxylation sites is 1. The van der Waals surface area contributed by atoms with Crippen LogP contribution in [0.15, 0.2) is 107 Å². The molecule has 4 aromatic rings. The molecule has 204 valence electrons. The maximum absolute atomic E-state index is 11.1. The first-order valence-electron chi connectivity index (χ1n) is 12.2. The number of thiophene rings is 1. The number of aromatic nitrogens is 1. The lowest BCUT2D eigenvalue weighted by molar-refractivity contribution is -0.141. The van der Waals surface area contributed by atoms with Gasteiger partial charge in [0, 0.05) is 24.6 Å². The van der Waals surface area contributed by atoms with Crippen molar-refractivity contribution in [1.82, 2.24) is 14.7 Å². The van der Waals surface area contributed by atoms with Crippen LogP contribution >= 0.6 is 23.3 Å². The second-order valence-corrected chi connectivity index (χ2v) is 10.4. The predicted molar refractivity (Wildman–Crippen MR) is 159 cm³/mol. The first-order chi connectivity index (χ1) is 19.0. The van der Waals surface area contributed by atoms with Crippen LogP contribution in [0.5, 0.6) is 11.5 Å². The number of methoxy groups -OCH3 is 1. The molecule has 4 rings (SSSR count). The Bertz CT molecular complexity index is 1300. The van der Waals surface area contributed by atoms with Crippen LogP contribution in [0.1, 0.15) is 12.5 Å². The van der Waals surface area contributed by atoms with E-state index in [1.165, 1.54) is 35.8 Å². The highest BCUT2D eigenvalue weighted by Crippen LogP contribution is 2.31. The van der Waals surface area contributed by atoms with Gasteiger partial charge in [0.1, 0.15) is 18.0 Å². The molecule has 0 bridgehead atoms. The zero-order chi connectivity index (χ0) is 27.9. The van der Waals surface area contributed by atoms with E-state index in [9.17, 15) is 4.79 Å². The smallest absolute Gasteiger partial charge is 0.326 e. The fourth-order valence-electron chi connectivity index (χ4n) is 3.15. The molecule has 0 fully saturated rings. The van der Waals surface area contributed by atoms with Crippen molar-refractivity contribution >= 4 is 29.3 Å². The number of rotatable bonds is 11. The minimum Gasteiger partial charge on any atom is -0.468 e. The van der Waals surface area contributed by atoms with Crippen LogP contribution in [-0.2, 0) is 16.0 Å². The number of esters is 1. The molecule has 0 saturated carbocycles. The summed E-state index contributed by atoms with van der Waals surface area (Å²) in [6, 6.07) is 27.9. The molecule has 0 saturated heterocycles. The highest BCUT2D eigenvalue weighted by molar-refractivity contribution is 7.99. The summed E-state index contributed by atoms with van der Waals surface area (Å²) in [5.74, 6) is 6.98. The Morgan fingerprint density at radius 3 is 2.41 bits per heavy atom. The van der Waals surface area contributed by atoms with Crippen molar-refractivity contribution in [3.8, 4) is 22.1 Å². The monoisotopic (exact) mass is 563 g/mol. The van der Waals surface area contributed by atoms with Crippen LogP contribution < -0.4 is 21.0 Å². The van der Waals surface area contributed by atoms with Crippen molar-refractivity contribution in [2.75, 3.05) is 20.2 Å². The molecule has 0 aliphatic carbocycles. The molecular weight excluding hydrogens is 530 g/mol. The fourth-order valence-corrected chi connectivity index (χ4v) is 4.99. The van der Waals surface area contributed by atoms with Crippen molar-refractivity contribution in [2.24, 2.45) is 11.6 Å². The molecular formula is C29H33N5O3S2. The maximum atomic E-state index is 11.1. The van der Waals surface area contributed by atoms with Gasteiger partial charge in [0.2, 0.25) is 0 Å². The quantitative estimate of drug-likeness (QED) is 0.0928. The lowest BCUT2D eigenvalue weighted by Crippen LogP contribution is -2.33.